The van der Waals surface area contributed by atoms with E-state index < -0.39 is 0 Å². The minimum absolute atomic E-state index is 0. The average molecular weight is 571 g/mol. The van der Waals surface area contributed by atoms with E-state index in [-0.39, 0.29) is 49.3 Å². The summed E-state index contributed by atoms with van der Waals surface area (Å²) in [5, 5.41) is 0. The van der Waals surface area contributed by atoms with Crippen LogP contribution in [0.5, 0.6) is 0 Å². The number of benzene rings is 1. The van der Waals surface area contributed by atoms with E-state index in [1.165, 1.54) is 31.4 Å². The van der Waals surface area contributed by atoms with Gasteiger partial charge < -0.3 is 9.88 Å². The third kappa shape index (κ3) is 5.72. The topological polar surface area (TPSA) is 71.1 Å². The van der Waals surface area contributed by atoms with Crippen LogP contribution in [0.1, 0.15) is 56.5 Å². The lowest BCUT2D eigenvalue weighted by Gasteiger charge is -2.37. The summed E-state index contributed by atoms with van der Waals surface area (Å²) in [4.78, 5) is 35.8. The Morgan fingerprint density at radius 1 is 1.00 bits per heavy atom. The van der Waals surface area contributed by atoms with Gasteiger partial charge in [0.25, 0.3) is 0 Å². The first-order valence-corrected chi connectivity index (χ1v) is 13.0. The molecule has 0 spiro atoms. The van der Waals surface area contributed by atoms with E-state index in [2.05, 4.69) is 52.0 Å². The van der Waals surface area contributed by atoms with Crippen LogP contribution in [0.2, 0.25) is 0 Å². The van der Waals surface area contributed by atoms with Gasteiger partial charge in [0, 0.05) is 50.9 Å². The Hall–Kier alpha value is -2.00. The van der Waals surface area contributed by atoms with E-state index in [4.69, 9.17) is 9.98 Å². The number of aliphatic imine (C=N–C) groups is 1. The quantitative estimate of drug-likeness (QED) is 0.534. The molecule has 1 saturated heterocycles. The summed E-state index contributed by atoms with van der Waals surface area (Å²) in [7, 11) is 0. The third-order valence-corrected chi connectivity index (χ3v) is 7.75. The van der Waals surface area contributed by atoms with Gasteiger partial charge in [-0.3, -0.25) is 19.7 Å². The maximum absolute atomic E-state index is 13.4. The highest BCUT2D eigenvalue weighted by Crippen LogP contribution is 2.37. The van der Waals surface area contributed by atoms with Gasteiger partial charge in [-0.25, -0.2) is 9.78 Å². The zero-order valence-corrected chi connectivity index (χ0v) is 23.8. The number of H-pyrrole nitrogens is 1. The summed E-state index contributed by atoms with van der Waals surface area (Å²) < 4.78 is 0. The molecular weight excluding hydrogens is 533 g/mol. The lowest BCUT2D eigenvalue weighted by atomic mass is 10.1. The fourth-order valence-electron chi connectivity index (χ4n) is 5.96. The standard InChI is InChI=1S/C26H35N7O.3ClH/c1-2-12-32-25-22(28-23(29-25)19-8-6-7-9-19)24-27-20(18-33(24)26(32)34)17-30-13-15-31(16-14-30)21-10-4-3-5-11-21;;;/h3-5,10-11,19-20H,2,6-9,12-18H2,1H3,(H,28,29);3*1H. The summed E-state index contributed by atoms with van der Waals surface area (Å²) in [6.07, 6.45) is 5.80. The Labute approximate surface area is 238 Å². The molecule has 1 aliphatic carbocycles. The van der Waals surface area contributed by atoms with E-state index in [0.717, 1.165) is 62.3 Å². The Morgan fingerprint density at radius 3 is 2.38 bits per heavy atom. The predicted octanol–water partition coefficient (Wildman–Crippen LogP) is 4.94. The van der Waals surface area contributed by atoms with Gasteiger partial charge in [-0.2, -0.15) is 0 Å². The largest absolute Gasteiger partial charge is 0.369 e. The second-order valence-electron chi connectivity index (χ2n) is 10.1. The molecule has 1 atom stereocenters. The van der Waals surface area contributed by atoms with Gasteiger partial charge in [0.15, 0.2) is 11.7 Å². The van der Waals surface area contributed by atoms with Gasteiger partial charge in [0.1, 0.15) is 11.5 Å². The molecule has 1 aromatic carbocycles. The molecule has 204 valence electrons. The molecule has 1 N–H and O–H groups in total. The van der Waals surface area contributed by atoms with E-state index in [1.807, 2.05) is 9.80 Å². The first-order chi connectivity index (χ1) is 16.7. The molecule has 0 bridgehead atoms. The molecule has 4 heterocycles. The number of fused-ring (bicyclic) bond motifs is 3. The molecule has 1 aromatic heterocycles. The van der Waals surface area contributed by atoms with Crippen LogP contribution in [-0.2, 0) is 0 Å². The van der Waals surface area contributed by atoms with Crippen LogP contribution in [0.3, 0.4) is 0 Å². The monoisotopic (exact) mass is 569 g/mol. The lowest BCUT2D eigenvalue weighted by Crippen LogP contribution is -2.52. The van der Waals surface area contributed by atoms with Gasteiger partial charge in [0.2, 0.25) is 0 Å². The van der Waals surface area contributed by atoms with Crippen molar-refractivity contribution in [1.82, 2.24) is 19.8 Å². The summed E-state index contributed by atoms with van der Waals surface area (Å²) in [5.41, 5.74) is 2.25. The van der Waals surface area contributed by atoms with Crippen molar-refractivity contribution in [2.45, 2.75) is 51.0 Å². The number of hydrogen-bond acceptors (Lipinski definition) is 5. The van der Waals surface area contributed by atoms with E-state index in [1.54, 1.807) is 0 Å². The van der Waals surface area contributed by atoms with Crippen molar-refractivity contribution in [3.8, 4) is 0 Å². The molecule has 8 nitrogen and oxygen atoms in total. The number of urea groups is 1. The van der Waals surface area contributed by atoms with Crippen molar-refractivity contribution < 1.29 is 4.79 Å². The molecule has 2 fully saturated rings. The first kappa shape index (κ1) is 29.6. The third-order valence-electron chi connectivity index (χ3n) is 7.75. The normalized spacial score (nSPS) is 21.5. The molecule has 0 radical (unpaired) electrons. The second-order valence-corrected chi connectivity index (χ2v) is 10.1. The maximum Gasteiger partial charge on any atom is 0.331 e. The smallest absolute Gasteiger partial charge is 0.331 e. The summed E-state index contributed by atoms with van der Waals surface area (Å²) in [6, 6.07) is 10.8. The Balaban J connectivity index is 0.00000127. The molecule has 1 saturated carbocycles. The fourth-order valence-corrected chi connectivity index (χ4v) is 5.96. The van der Waals surface area contributed by atoms with Gasteiger partial charge in [-0.1, -0.05) is 38.0 Å². The van der Waals surface area contributed by atoms with Gasteiger partial charge >= 0.3 is 6.03 Å². The zero-order chi connectivity index (χ0) is 23.1. The van der Waals surface area contributed by atoms with Crippen LogP contribution < -0.4 is 9.80 Å². The number of hydrogen-bond donors (Lipinski definition) is 1. The molecular formula is C26H38Cl3N7O. The Bertz CT molecular complexity index is 1070. The minimum atomic E-state index is 0. The molecule has 37 heavy (non-hydrogen) atoms. The first-order valence-electron chi connectivity index (χ1n) is 13.0. The number of anilines is 2. The van der Waals surface area contributed by atoms with Crippen LogP contribution in [0, 0.1) is 0 Å². The average Bonchev–Trinajstić information content (AvgIpc) is 3.62. The Morgan fingerprint density at radius 2 is 1.70 bits per heavy atom. The van der Waals surface area contributed by atoms with Crippen LogP contribution in [0.15, 0.2) is 35.3 Å². The molecule has 4 aliphatic rings. The molecule has 3 aliphatic heterocycles. The van der Waals surface area contributed by atoms with Gasteiger partial charge in [0.05, 0.1) is 12.6 Å². The van der Waals surface area contributed by atoms with Gasteiger partial charge in [-0.05, 0) is 31.4 Å². The number of imidazole rings is 1. The number of para-hydroxylation sites is 1. The number of halogens is 3. The number of carbonyl (C=O) groups excluding carboxylic acids is 1. The van der Waals surface area contributed by atoms with Crippen LogP contribution in [0.25, 0.3) is 0 Å². The van der Waals surface area contributed by atoms with Crippen molar-refractivity contribution in [3.05, 3.63) is 41.9 Å². The van der Waals surface area contributed by atoms with Crippen molar-refractivity contribution >= 4 is 60.6 Å². The predicted molar refractivity (Wildman–Crippen MR) is 157 cm³/mol. The molecule has 1 unspecified atom stereocenters. The van der Waals surface area contributed by atoms with Crippen molar-refractivity contribution in [2.75, 3.05) is 55.6 Å². The molecule has 2 amide bonds. The molecule has 2 aromatic rings. The maximum atomic E-state index is 13.4. The number of nitrogens with one attached hydrogen (secondary N) is 1. The van der Waals surface area contributed by atoms with Crippen LogP contribution >= 0.6 is 37.2 Å². The summed E-state index contributed by atoms with van der Waals surface area (Å²) in [6.45, 7) is 8.44. The summed E-state index contributed by atoms with van der Waals surface area (Å²) >= 11 is 0. The highest BCUT2D eigenvalue weighted by molar-refractivity contribution is 6.18. The molecule has 6 rings (SSSR count). The van der Waals surface area contributed by atoms with Crippen LogP contribution in [0.4, 0.5) is 16.3 Å². The van der Waals surface area contributed by atoms with Gasteiger partial charge in [-0.15, -0.1) is 37.2 Å². The van der Waals surface area contributed by atoms with Crippen molar-refractivity contribution in [2.24, 2.45) is 4.99 Å². The van der Waals surface area contributed by atoms with E-state index >= 15 is 0 Å². The van der Waals surface area contributed by atoms with Crippen molar-refractivity contribution in [1.29, 1.82) is 0 Å². The second kappa shape index (κ2) is 12.7. The van der Waals surface area contributed by atoms with E-state index in [0.29, 0.717) is 19.0 Å². The zero-order valence-electron chi connectivity index (χ0n) is 21.3. The van der Waals surface area contributed by atoms with E-state index in [9.17, 15) is 4.79 Å². The number of aromatic amines is 1. The number of aromatic nitrogens is 2. The highest BCUT2D eigenvalue weighted by Gasteiger charge is 2.43. The number of carbonyl (C=O) groups is 1. The fraction of sp³-hybridized carbons (Fsp3) is 0.577. The number of amidine groups is 1. The lowest BCUT2D eigenvalue weighted by molar-refractivity contribution is 0.218. The number of nitrogens with zero attached hydrogens (tertiary/aromatic N) is 6. The number of rotatable bonds is 6. The van der Waals surface area contributed by atoms with Crippen LogP contribution in [-0.4, -0.2) is 83.5 Å². The molecule has 11 heteroatoms. The highest BCUT2D eigenvalue weighted by atomic mass is 35.5. The Kier molecular flexibility index (Phi) is 10.1. The van der Waals surface area contributed by atoms with Crippen molar-refractivity contribution in [3.63, 3.8) is 0 Å². The number of piperazine rings is 1. The SMILES string of the molecule is CCCN1C(=O)N2CC(CN3CCN(c4ccccc4)CC3)N=C2c2[nH]c(C3CCCC3)nc21.Cl.Cl.Cl. The number of amides is 2. The minimum Gasteiger partial charge on any atom is -0.369 e. The summed E-state index contributed by atoms with van der Waals surface area (Å²) in [5.74, 6) is 3.12.